The Morgan fingerprint density at radius 2 is 2.25 bits per heavy atom. The minimum Gasteiger partial charge on any atom is -0.389 e. The van der Waals surface area contributed by atoms with Gasteiger partial charge in [0.15, 0.2) is 0 Å². The van der Waals surface area contributed by atoms with E-state index in [9.17, 15) is 5.11 Å². The van der Waals surface area contributed by atoms with Crippen LogP contribution in [0, 0.1) is 5.41 Å². The molecule has 2 rings (SSSR count). The number of aliphatic hydroxyl groups excluding tert-OH is 1. The van der Waals surface area contributed by atoms with Gasteiger partial charge in [0.1, 0.15) is 0 Å². The van der Waals surface area contributed by atoms with E-state index in [1.165, 1.54) is 0 Å². The average molecular weight is 241 g/mol. The molecule has 0 saturated heterocycles. The highest BCUT2D eigenvalue weighted by Gasteiger charge is 2.30. The number of rotatable bonds is 1. The Labute approximate surface area is 101 Å². The molecule has 0 bridgehead atoms. The van der Waals surface area contributed by atoms with Gasteiger partial charge in [-0.3, -0.25) is 4.68 Å². The molecule has 0 aliphatic heterocycles. The number of aromatic nitrogens is 2. The largest absolute Gasteiger partial charge is 0.389 e. The van der Waals surface area contributed by atoms with Crippen LogP contribution in [-0.2, 0) is 7.05 Å². The van der Waals surface area contributed by atoms with Gasteiger partial charge < -0.3 is 5.11 Å². The van der Waals surface area contributed by atoms with Crippen molar-refractivity contribution in [3.05, 3.63) is 23.0 Å². The first-order valence-corrected chi connectivity index (χ1v) is 5.83. The Balaban J connectivity index is 2.41. The van der Waals surface area contributed by atoms with Crippen molar-refractivity contribution >= 4 is 17.2 Å². The Morgan fingerprint density at radius 1 is 1.56 bits per heavy atom. The summed E-state index contributed by atoms with van der Waals surface area (Å²) in [6.07, 6.45) is 4.87. The van der Waals surface area contributed by atoms with Gasteiger partial charge in [-0.2, -0.15) is 5.10 Å². The Kier molecular flexibility index (Phi) is 2.84. The van der Waals surface area contributed by atoms with E-state index in [4.69, 9.17) is 11.6 Å². The second-order valence-corrected chi connectivity index (χ2v) is 5.68. The topological polar surface area (TPSA) is 38.0 Å². The van der Waals surface area contributed by atoms with E-state index in [0.29, 0.717) is 5.02 Å². The third-order valence-electron chi connectivity index (χ3n) is 3.02. The van der Waals surface area contributed by atoms with Crippen molar-refractivity contribution in [1.82, 2.24) is 9.78 Å². The van der Waals surface area contributed by atoms with Crippen molar-refractivity contribution in [2.45, 2.75) is 32.8 Å². The van der Waals surface area contributed by atoms with Crippen molar-refractivity contribution in [2.75, 3.05) is 0 Å². The van der Waals surface area contributed by atoms with Crippen LogP contribution in [0.2, 0.25) is 5.02 Å². The molecule has 1 aliphatic rings. The van der Waals surface area contributed by atoms with Crippen LogP contribution in [0.25, 0.3) is 5.57 Å². The third-order valence-corrected chi connectivity index (χ3v) is 3.30. The van der Waals surface area contributed by atoms with Gasteiger partial charge in [0.05, 0.1) is 23.0 Å². The quantitative estimate of drug-likeness (QED) is 0.820. The van der Waals surface area contributed by atoms with E-state index in [1.807, 2.05) is 13.1 Å². The zero-order valence-corrected chi connectivity index (χ0v) is 10.6. The summed E-state index contributed by atoms with van der Waals surface area (Å²) < 4.78 is 1.77. The highest BCUT2D eigenvalue weighted by atomic mass is 35.5. The van der Waals surface area contributed by atoms with Crippen molar-refractivity contribution < 1.29 is 5.11 Å². The Bertz CT molecular complexity index is 415. The van der Waals surface area contributed by atoms with Crippen molar-refractivity contribution in [3.8, 4) is 0 Å². The zero-order chi connectivity index (χ0) is 11.9. The molecule has 88 valence electrons. The lowest BCUT2D eigenvalue weighted by molar-refractivity contribution is 0.146. The minimum atomic E-state index is -0.385. The maximum absolute atomic E-state index is 9.85. The molecule has 0 saturated carbocycles. The van der Waals surface area contributed by atoms with E-state index in [1.54, 1.807) is 10.9 Å². The van der Waals surface area contributed by atoms with Gasteiger partial charge in [0.2, 0.25) is 0 Å². The Morgan fingerprint density at radius 3 is 2.75 bits per heavy atom. The lowest BCUT2D eigenvalue weighted by atomic mass is 9.75. The van der Waals surface area contributed by atoms with Crippen LogP contribution in [0.5, 0.6) is 0 Å². The summed E-state index contributed by atoms with van der Waals surface area (Å²) >= 11 is 6.11. The summed E-state index contributed by atoms with van der Waals surface area (Å²) in [6.45, 7) is 4.32. The number of halogens is 1. The molecule has 0 fully saturated rings. The van der Waals surface area contributed by atoms with Crippen LogP contribution in [0.4, 0.5) is 0 Å². The van der Waals surface area contributed by atoms with E-state index in [2.05, 4.69) is 18.9 Å². The average Bonchev–Trinajstić information content (AvgIpc) is 2.42. The second-order valence-electron chi connectivity index (χ2n) is 5.27. The molecule has 1 aliphatic carbocycles. The molecule has 16 heavy (non-hydrogen) atoms. The first kappa shape index (κ1) is 11.7. The van der Waals surface area contributed by atoms with Gasteiger partial charge in [0, 0.05) is 7.05 Å². The van der Waals surface area contributed by atoms with Gasteiger partial charge in [-0.25, -0.2) is 0 Å². The van der Waals surface area contributed by atoms with Gasteiger partial charge >= 0.3 is 0 Å². The molecular weight excluding hydrogens is 224 g/mol. The normalized spacial score (nSPS) is 24.3. The lowest BCUT2D eigenvalue weighted by Crippen LogP contribution is -2.25. The third kappa shape index (κ3) is 2.15. The molecular formula is C12H17ClN2O. The summed E-state index contributed by atoms with van der Waals surface area (Å²) in [5, 5.41) is 14.6. The molecule has 0 aromatic carbocycles. The van der Waals surface area contributed by atoms with Crippen LogP contribution in [-0.4, -0.2) is 21.0 Å². The first-order valence-electron chi connectivity index (χ1n) is 5.46. The smallest absolute Gasteiger partial charge is 0.0862 e. The van der Waals surface area contributed by atoms with Crippen LogP contribution in [0.15, 0.2) is 12.3 Å². The molecule has 1 atom stereocenters. The van der Waals surface area contributed by atoms with Crippen LogP contribution < -0.4 is 0 Å². The van der Waals surface area contributed by atoms with Gasteiger partial charge in [-0.05, 0) is 23.8 Å². The van der Waals surface area contributed by atoms with Crippen molar-refractivity contribution in [3.63, 3.8) is 0 Å². The number of aliphatic hydroxyl groups is 1. The summed E-state index contributed by atoms with van der Waals surface area (Å²) in [4.78, 5) is 0. The molecule has 1 aromatic rings. The summed E-state index contributed by atoms with van der Waals surface area (Å²) in [7, 11) is 1.87. The highest BCUT2D eigenvalue weighted by molar-refractivity contribution is 6.32. The fourth-order valence-electron chi connectivity index (χ4n) is 2.44. The molecule has 3 nitrogen and oxygen atoms in total. The standard InChI is InChI=1S/C12H17ClN2O/c1-12(2)5-8(4-9(16)6-12)11-10(13)7-14-15(11)3/h4,7,9,16H,5-6H2,1-3H3. The van der Waals surface area contributed by atoms with Gasteiger partial charge in [-0.1, -0.05) is 31.5 Å². The fourth-order valence-corrected chi connectivity index (χ4v) is 2.73. The van der Waals surface area contributed by atoms with E-state index in [-0.39, 0.29) is 11.5 Å². The lowest BCUT2D eigenvalue weighted by Gasteiger charge is -2.32. The predicted molar refractivity (Wildman–Crippen MR) is 65.2 cm³/mol. The fraction of sp³-hybridized carbons (Fsp3) is 0.583. The van der Waals surface area contributed by atoms with E-state index < -0.39 is 0 Å². The number of hydrogen-bond acceptors (Lipinski definition) is 2. The molecule has 0 amide bonds. The molecule has 1 unspecified atom stereocenters. The van der Waals surface area contributed by atoms with E-state index >= 15 is 0 Å². The van der Waals surface area contributed by atoms with Crippen LogP contribution in [0.1, 0.15) is 32.4 Å². The van der Waals surface area contributed by atoms with Gasteiger partial charge in [0.25, 0.3) is 0 Å². The van der Waals surface area contributed by atoms with Crippen molar-refractivity contribution in [2.24, 2.45) is 12.5 Å². The summed E-state index contributed by atoms with van der Waals surface area (Å²) in [5.74, 6) is 0. The Hall–Kier alpha value is -0.800. The molecule has 0 spiro atoms. The molecule has 1 N–H and O–H groups in total. The minimum absolute atomic E-state index is 0.108. The molecule has 0 radical (unpaired) electrons. The second kappa shape index (κ2) is 3.90. The highest BCUT2D eigenvalue weighted by Crippen LogP contribution is 2.40. The maximum Gasteiger partial charge on any atom is 0.0862 e. The maximum atomic E-state index is 9.85. The van der Waals surface area contributed by atoms with Crippen LogP contribution in [0.3, 0.4) is 0 Å². The molecule has 1 heterocycles. The SMILES string of the molecule is Cn1ncc(Cl)c1C1=CC(O)CC(C)(C)C1. The first-order chi connectivity index (χ1) is 7.39. The number of aryl methyl sites for hydroxylation is 1. The van der Waals surface area contributed by atoms with E-state index in [0.717, 1.165) is 24.1 Å². The predicted octanol–water partition coefficient (Wildman–Crippen LogP) is 2.64. The monoisotopic (exact) mass is 240 g/mol. The van der Waals surface area contributed by atoms with Crippen molar-refractivity contribution in [1.29, 1.82) is 0 Å². The zero-order valence-electron chi connectivity index (χ0n) is 9.87. The van der Waals surface area contributed by atoms with Gasteiger partial charge in [-0.15, -0.1) is 0 Å². The summed E-state index contributed by atoms with van der Waals surface area (Å²) in [6, 6.07) is 0. The summed E-state index contributed by atoms with van der Waals surface area (Å²) in [5.41, 5.74) is 2.12. The number of allylic oxidation sites excluding steroid dienone is 1. The van der Waals surface area contributed by atoms with Crippen LogP contribution >= 0.6 is 11.6 Å². The molecule has 1 aromatic heterocycles. The molecule has 4 heteroatoms. The number of nitrogens with zero attached hydrogens (tertiary/aromatic N) is 2. The number of hydrogen-bond donors (Lipinski definition) is 1.